The summed E-state index contributed by atoms with van der Waals surface area (Å²) in [6.07, 6.45) is 24.6. The fraction of sp³-hybridized carbons (Fsp3) is 0.946. The van der Waals surface area contributed by atoms with Crippen LogP contribution in [0.25, 0.3) is 0 Å². The molecular weight excluding hydrogens is 693 g/mol. The van der Waals surface area contributed by atoms with Crippen LogP contribution < -0.4 is 10.6 Å². The third-order valence-electron chi connectivity index (χ3n) is 8.87. The minimum absolute atomic E-state index is 0.0205. The molecule has 0 saturated carbocycles. The molecule has 0 saturated heterocycles. The van der Waals surface area contributed by atoms with Gasteiger partial charge in [0.2, 0.25) is 11.8 Å². The molecular formula is C37H78N4O8S2. The Morgan fingerprint density at radius 2 is 0.902 bits per heavy atom. The van der Waals surface area contributed by atoms with E-state index in [1.165, 1.54) is 89.9 Å². The standard InChI is InChI=1S/C19H40N2O4S.C18H38N2O4S/c1-5-6-7-8-9-10-11-12-13-14-19(22)20-18(2)15-16-21(3,4)17-26(23,24)25;1-4-5-6-7-8-9-10-11-12-14-18(21)19-15-13-16-20(2,3)17-25(22,23)24/h18H,5-17H2,1-4H3,(H-,20,22,23,24,25);4-17H2,1-3H3,(H-,19,21,22,23,24). The molecule has 14 heteroatoms. The van der Waals surface area contributed by atoms with Gasteiger partial charge in [0.15, 0.2) is 11.8 Å². The number of nitrogens with one attached hydrogen (secondary N) is 2. The molecule has 0 fully saturated rings. The van der Waals surface area contributed by atoms with Crippen LogP contribution in [0.4, 0.5) is 0 Å². The molecule has 0 bridgehead atoms. The quantitative estimate of drug-likeness (QED) is 0.0451. The third kappa shape index (κ3) is 41.3. The molecule has 0 spiro atoms. The summed E-state index contributed by atoms with van der Waals surface area (Å²) in [5.41, 5.74) is 0. The summed E-state index contributed by atoms with van der Waals surface area (Å²) >= 11 is 0. The lowest BCUT2D eigenvalue weighted by Crippen LogP contribution is -2.46. The van der Waals surface area contributed by atoms with Gasteiger partial charge < -0.3 is 28.7 Å². The molecule has 2 N–H and O–H groups in total. The maximum Gasteiger partial charge on any atom is 0.220 e. The summed E-state index contributed by atoms with van der Waals surface area (Å²) in [7, 11) is -1.63. The van der Waals surface area contributed by atoms with Crippen LogP contribution in [0.15, 0.2) is 0 Å². The third-order valence-corrected chi connectivity index (χ3v) is 10.9. The van der Waals surface area contributed by atoms with Gasteiger partial charge in [-0.1, -0.05) is 117 Å². The fourth-order valence-corrected chi connectivity index (χ4v) is 7.93. The maximum atomic E-state index is 12.0. The van der Waals surface area contributed by atoms with Crippen molar-refractivity contribution in [2.75, 3.05) is 59.6 Å². The van der Waals surface area contributed by atoms with E-state index in [2.05, 4.69) is 24.5 Å². The van der Waals surface area contributed by atoms with Crippen molar-refractivity contribution in [1.29, 1.82) is 0 Å². The van der Waals surface area contributed by atoms with E-state index in [1.807, 2.05) is 6.92 Å². The van der Waals surface area contributed by atoms with Crippen molar-refractivity contribution < 1.29 is 44.5 Å². The van der Waals surface area contributed by atoms with E-state index in [4.69, 9.17) is 0 Å². The second-order valence-electron chi connectivity index (χ2n) is 15.8. The fourth-order valence-electron chi connectivity index (χ4n) is 5.96. The molecule has 0 radical (unpaired) electrons. The Kier molecular flexibility index (Phi) is 30.5. The van der Waals surface area contributed by atoms with Gasteiger partial charge in [-0.05, 0) is 19.8 Å². The van der Waals surface area contributed by atoms with Crippen LogP contribution in [0.5, 0.6) is 0 Å². The Labute approximate surface area is 314 Å². The Hall–Kier alpha value is -1.32. The smallest absolute Gasteiger partial charge is 0.220 e. The Morgan fingerprint density at radius 3 is 1.29 bits per heavy atom. The molecule has 306 valence electrons. The lowest BCUT2D eigenvalue weighted by molar-refractivity contribution is -0.879. The summed E-state index contributed by atoms with van der Waals surface area (Å²) in [4.78, 5) is 23.7. The molecule has 0 aromatic heterocycles. The molecule has 2 amide bonds. The number of amides is 2. The number of carbonyl (C=O) groups excluding carboxylic acids is 2. The minimum Gasteiger partial charge on any atom is -0.744 e. The van der Waals surface area contributed by atoms with Crippen molar-refractivity contribution >= 4 is 32.1 Å². The molecule has 1 atom stereocenters. The Balaban J connectivity index is 0. The highest BCUT2D eigenvalue weighted by Gasteiger charge is 2.21. The average molecular weight is 771 g/mol. The van der Waals surface area contributed by atoms with Crippen molar-refractivity contribution in [3.63, 3.8) is 0 Å². The normalized spacial score (nSPS) is 13.0. The number of nitrogens with zero attached hydrogens (tertiary/aromatic N) is 2. The first-order chi connectivity index (χ1) is 23.7. The predicted molar refractivity (Wildman–Crippen MR) is 207 cm³/mol. The molecule has 0 heterocycles. The van der Waals surface area contributed by atoms with E-state index in [0.717, 1.165) is 25.7 Å². The van der Waals surface area contributed by atoms with Gasteiger partial charge in [0.25, 0.3) is 0 Å². The molecule has 0 aromatic carbocycles. The van der Waals surface area contributed by atoms with E-state index in [-0.39, 0.29) is 26.8 Å². The summed E-state index contributed by atoms with van der Waals surface area (Å²) in [6.45, 7) is 7.96. The number of quaternary nitrogens is 2. The zero-order valence-electron chi connectivity index (χ0n) is 33.6. The van der Waals surface area contributed by atoms with Crippen LogP contribution in [-0.4, -0.2) is 112 Å². The first-order valence-electron chi connectivity index (χ1n) is 19.8. The van der Waals surface area contributed by atoms with Crippen LogP contribution >= 0.6 is 0 Å². The Bertz CT molecular complexity index is 1100. The molecule has 51 heavy (non-hydrogen) atoms. The van der Waals surface area contributed by atoms with Gasteiger partial charge in [0.1, 0.15) is 20.2 Å². The molecule has 0 rings (SSSR count). The zero-order chi connectivity index (χ0) is 39.2. The number of rotatable bonds is 32. The van der Waals surface area contributed by atoms with Gasteiger partial charge in [0, 0.05) is 38.3 Å². The molecule has 0 aliphatic rings. The SMILES string of the molecule is CCCCCCCCCCCC(=O)NC(C)CC[N+](C)(C)CS(=O)(=O)[O-].CCCCCCCCCCCC(=O)NCCC[N+](C)(C)CS(=O)(=O)[O-]. The summed E-state index contributed by atoms with van der Waals surface area (Å²) < 4.78 is 65.3. The monoisotopic (exact) mass is 771 g/mol. The van der Waals surface area contributed by atoms with Crippen LogP contribution in [0, 0.1) is 0 Å². The number of unbranched alkanes of at least 4 members (excludes halogenated alkanes) is 16. The molecule has 0 aromatic rings. The van der Waals surface area contributed by atoms with Crippen molar-refractivity contribution in [2.24, 2.45) is 0 Å². The first kappa shape index (κ1) is 51.8. The van der Waals surface area contributed by atoms with Crippen molar-refractivity contribution in [1.82, 2.24) is 10.6 Å². The Morgan fingerprint density at radius 1 is 0.549 bits per heavy atom. The van der Waals surface area contributed by atoms with Crippen molar-refractivity contribution in [3.05, 3.63) is 0 Å². The number of hydrogen-bond donors (Lipinski definition) is 2. The van der Waals surface area contributed by atoms with Gasteiger partial charge in [0.05, 0.1) is 41.3 Å². The summed E-state index contributed by atoms with van der Waals surface area (Å²) in [5.74, 6) is -0.724. The van der Waals surface area contributed by atoms with E-state index in [9.17, 15) is 35.5 Å². The highest BCUT2D eigenvalue weighted by molar-refractivity contribution is 7.85. The highest BCUT2D eigenvalue weighted by atomic mass is 32.2. The van der Waals surface area contributed by atoms with Gasteiger partial charge in [-0.25, -0.2) is 16.8 Å². The molecule has 1 unspecified atom stereocenters. The zero-order valence-corrected chi connectivity index (χ0v) is 35.3. The average Bonchev–Trinajstić information content (AvgIpc) is 2.98. The maximum absolute atomic E-state index is 12.0. The van der Waals surface area contributed by atoms with Crippen LogP contribution in [0.3, 0.4) is 0 Å². The number of carbonyl (C=O) groups is 2. The van der Waals surface area contributed by atoms with E-state index in [0.29, 0.717) is 45.3 Å². The van der Waals surface area contributed by atoms with Crippen LogP contribution in [0.1, 0.15) is 162 Å². The highest BCUT2D eigenvalue weighted by Crippen LogP contribution is 2.12. The molecule has 0 aliphatic heterocycles. The lowest BCUT2D eigenvalue weighted by atomic mass is 10.1. The van der Waals surface area contributed by atoms with E-state index in [1.54, 1.807) is 28.2 Å². The van der Waals surface area contributed by atoms with Gasteiger partial charge in [-0.2, -0.15) is 0 Å². The largest absolute Gasteiger partial charge is 0.744 e. The van der Waals surface area contributed by atoms with E-state index >= 15 is 0 Å². The van der Waals surface area contributed by atoms with Gasteiger partial charge >= 0.3 is 0 Å². The molecule has 12 nitrogen and oxygen atoms in total. The molecule has 0 aliphatic carbocycles. The number of hydrogen-bond acceptors (Lipinski definition) is 8. The second kappa shape index (κ2) is 30.1. The first-order valence-corrected chi connectivity index (χ1v) is 22.9. The predicted octanol–water partition coefficient (Wildman–Crippen LogP) is 6.37. The van der Waals surface area contributed by atoms with Gasteiger partial charge in [-0.3, -0.25) is 9.59 Å². The van der Waals surface area contributed by atoms with Crippen molar-refractivity contribution in [3.8, 4) is 0 Å². The summed E-state index contributed by atoms with van der Waals surface area (Å²) in [5, 5.41) is 5.83. The van der Waals surface area contributed by atoms with Crippen molar-refractivity contribution in [2.45, 2.75) is 168 Å². The lowest BCUT2D eigenvalue weighted by Gasteiger charge is -2.31. The van der Waals surface area contributed by atoms with Crippen LogP contribution in [-0.2, 0) is 29.8 Å². The van der Waals surface area contributed by atoms with Gasteiger partial charge in [-0.15, -0.1) is 0 Å². The summed E-state index contributed by atoms with van der Waals surface area (Å²) in [6, 6.07) is -0.0205. The van der Waals surface area contributed by atoms with E-state index < -0.39 is 32.0 Å². The van der Waals surface area contributed by atoms with Crippen LogP contribution in [0.2, 0.25) is 0 Å². The minimum atomic E-state index is -4.24. The second-order valence-corrected chi connectivity index (χ2v) is 18.6. The topological polar surface area (TPSA) is 173 Å².